The summed E-state index contributed by atoms with van der Waals surface area (Å²) in [5.74, 6) is 0.111. The normalized spacial score (nSPS) is 17.4. The summed E-state index contributed by atoms with van der Waals surface area (Å²) in [6.07, 6.45) is 2.58. The van der Waals surface area contributed by atoms with Crippen LogP contribution in [0.1, 0.15) is 54.4 Å². The maximum atomic E-state index is 11.7. The molecule has 0 saturated carbocycles. The third kappa shape index (κ3) is 12.5. The van der Waals surface area contributed by atoms with Crippen molar-refractivity contribution in [2.75, 3.05) is 59.3 Å². The largest absolute Gasteiger partial charge is 0.378 e. The van der Waals surface area contributed by atoms with Gasteiger partial charge >= 0.3 is 0 Å². The Morgan fingerprint density at radius 3 is 1.89 bits per heavy atom. The smallest absolute Gasteiger partial charge is 0.163 e. The summed E-state index contributed by atoms with van der Waals surface area (Å²) in [4.78, 5) is 14.1. The van der Waals surface area contributed by atoms with Gasteiger partial charge in [0, 0.05) is 25.0 Å². The van der Waals surface area contributed by atoms with Crippen molar-refractivity contribution in [3.63, 3.8) is 0 Å². The third-order valence-electron chi connectivity index (χ3n) is 4.42. The first kappa shape index (κ1) is 24.5. The number of hydrogen-bond donors (Lipinski definition) is 0. The van der Waals surface area contributed by atoms with Crippen molar-refractivity contribution in [3.8, 4) is 0 Å². The van der Waals surface area contributed by atoms with E-state index in [1.54, 1.807) is 0 Å². The summed E-state index contributed by atoms with van der Waals surface area (Å²) in [5.41, 5.74) is -0.396. The maximum absolute atomic E-state index is 11.7. The van der Waals surface area contributed by atoms with E-state index < -0.39 is 0 Å². The van der Waals surface area contributed by atoms with E-state index in [9.17, 15) is 4.79 Å². The van der Waals surface area contributed by atoms with Gasteiger partial charge < -0.3 is 23.8 Å². The molecule has 6 heteroatoms. The fraction of sp³-hybridized carbons (Fsp3) is 0.952. The van der Waals surface area contributed by atoms with Crippen LogP contribution >= 0.6 is 0 Å². The van der Waals surface area contributed by atoms with E-state index in [1.807, 2.05) is 20.8 Å². The highest BCUT2D eigenvalue weighted by molar-refractivity contribution is 5.84. The van der Waals surface area contributed by atoms with Gasteiger partial charge in [0.2, 0.25) is 0 Å². The van der Waals surface area contributed by atoms with E-state index in [-0.39, 0.29) is 23.4 Å². The number of rotatable bonds is 12. The highest BCUT2D eigenvalue weighted by Crippen LogP contribution is 2.19. The Bertz CT molecular complexity index is 406. The van der Waals surface area contributed by atoms with Crippen LogP contribution in [-0.2, 0) is 23.7 Å². The topological polar surface area (TPSA) is 57.2 Å². The van der Waals surface area contributed by atoms with Crippen LogP contribution in [0.2, 0.25) is 0 Å². The Kier molecular flexibility index (Phi) is 11.0. The fourth-order valence-corrected chi connectivity index (χ4v) is 2.77. The van der Waals surface area contributed by atoms with Gasteiger partial charge in [0.1, 0.15) is 6.61 Å². The van der Waals surface area contributed by atoms with Crippen molar-refractivity contribution >= 4 is 5.78 Å². The number of piperidine rings is 1. The van der Waals surface area contributed by atoms with Crippen LogP contribution < -0.4 is 0 Å². The molecule has 1 aliphatic rings. The lowest BCUT2D eigenvalue weighted by Gasteiger charge is -2.35. The van der Waals surface area contributed by atoms with Gasteiger partial charge in [0.15, 0.2) is 5.78 Å². The van der Waals surface area contributed by atoms with Gasteiger partial charge in [-0.15, -0.1) is 0 Å². The van der Waals surface area contributed by atoms with Crippen molar-refractivity contribution in [1.29, 1.82) is 0 Å². The second-order valence-corrected chi connectivity index (χ2v) is 9.22. The molecule has 0 bridgehead atoms. The minimum Gasteiger partial charge on any atom is -0.378 e. The monoisotopic (exact) mass is 387 g/mol. The molecule has 1 aliphatic heterocycles. The third-order valence-corrected chi connectivity index (χ3v) is 4.42. The number of Topliss-reactive ketones (excluding diaryl/α,β-unsaturated/α-hetero) is 1. The molecule has 1 heterocycles. The minimum atomic E-state index is -0.344. The SMILES string of the molecule is CC(C)(C)OC1CCN(CCOCCOCCOCC(=O)C(C)(C)C)CC1. The zero-order valence-electron chi connectivity index (χ0n) is 18.3. The summed E-state index contributed by atoms with van der Waals surface area (Å²) in [7, 11) is 0. The first-order valence-corrected chi connectivity index (χ1v) is 10.2. The first-order chi connectivity index (χ1) is 12.6. The van der Waals surface area contributed by atoms with Crippen molar-refractivity contribution in [1.82, 2.24) is 4.90 Å². The zero-order valence-corrected chi connectivity index (χ0v) is 18.3. The summed E-state index contributed by atoms with van der Waals surface area (Å²) in [6, 6.07) is 0. The molecule has 160 valence electrons. The molecule has 0 spiro atoms. The lowest BCUT2D eigenvalue weighted by atomic mass is 9.91. The van der Waals surface area contributed by atoms with Gasteiger partial charge in [-0.1, -0.05) is 20.8 Å². The molecule has 0 radical (unpaired) electrons. The highest BCUT2D eigenvalue weighted by atomic mass is 16.5. The van der Waals surface area contributed by atoms with Crippen molar-refractivity contribution in [2.24, 2.45) is 5.41 Å². The van der Waals surface area contributed by atoms with Crippen LogP contribution in [0, 0.1) is 5.41 Å². The molecule has 1 saturated heterocycles. The Hall–Kier alpha value is -0.530. The lowest BCUT2D eigenvalue weighted by Crippen LogP contribution is -2.41. The molecule has 1 rings (SSSR count). The molecule has 0 unspecified atom stereocenters. The van der Waals surface area contributed by atoms with Gasteiger partial charge in [-0.2, -0.15) is 0 Å². The average molecular weight is 388 g/mol. The molecule has 0 atom stereocenters. The van der Waals surface area contributed by atoms with E-state index in [0.29, 0.717) is 32.5 Å². The quantitative estimate of drug-likeness (QED) is 0.480. The number of ether oxygens (including phenoxy) is 4. The second kappa shape index (κ2) is 12.1. The Balaban J connectivity index is 1.89. The van der Waals surface area contributed by atoms with Crippen LogP contribution in [0.15, 0.2) is 0 Å². The summed E-state index contributed by atoms with van der Waals surface area (Å²) in [5, 5.41) is 0. The number of ketones is 1. The van der Waals surface area contributed by atoms with Crippen LogP contribution in [0.25, 0.3) is 0 Å². The number of nitrogens with zero attached hydrogens (tertiary/aromatic N) is 1. The van der Waals surface area contributed by atoms with Crippen LogP contribution in [0.3, 0.4) is 0 Å². The number of carbonyl (C=O) groups excluding carboxylic acids is 1. The fourth-order valence-electron chi connectivity index (χ4n) is 2.77. The summed E-state index contributed by atoms with van der Waals surface area (Å²) < 4.78 is 22.5. The van der Waals surface area contributed by atoms with Crippen molar-refractivity contribution < 1.29 is 23.7 Å². The molecule has 0 amide bonds. The standard InChI is InChI=1S/C21H41NO5/c1-20(2,3)19(23)17-26-16-15-25-14-13-24-12-11-22-9-7-18(8-10-22)27-21(4,5)6/h18H,7-17H2,1-6H3. The van der Waals surface area contributed by atoms with E-state index >= 15 is 0 Å². The van der Waals surface area contributed by atoms with Crippen LogP contribution in [-0.4, -0.2) is 81.7 Å². The van der Waals surface area contributed by atoms with Crippen LogP contribution in [0.5, 0.6) is 0 Å². The van der Waals surface area contributed by atoms with E-state index in [2.05, 4.69) is 25.7 Å². The zero-order chi connectivity index (χ0) is 20.3. The number of carbonyl (C=O) groups is 1. The highest BCUT2D eigenvalue weighted by Gasteiger charge is 2.24. The molecular formula is C21H41NO5. The van der Waals surface area contributed by atoms with Gasteiger partial charge in [-0.05, 0) is 33.6 Å². The van der Waals surface area contributed by atoms with E-state index in [0.717, 1.165) is 39.1 Å². The summed E-state index contributed by atoms with van der Waals surface area (Å²) in [6.45, 7) is 18.1. The molecule has 0 aromatic rings. The first-order valence-electron chi connectivity index (χ1n) is 10.2. The van der Waals surface area contributed by atoms with Crippen molar-refractivity contribution in [2.45, 2.75) is 66.1 Å². The molecule has 6 nitrogen and oxygen atoms in total. The van der Waals surface area contributed by atoms with E-state index in [4.69, 9.17) is 18.9 Å². The Morgan fingerprint density at radius 1 is 0.852 bits per heavy atom. The Morgan fingerprint density at radius 2 is 1.37 bits per heavy atom. The Labute approximate surface area is 165 Å². The van der Waals surface area contributed by atoms with Gasteiger partial charge in [-0.25, -0.2) is 0 Å². The lowest BCUT2D eigenvalue weighted by molar-refractivity contribution is -0.131. The molecule has 0 N–H and O–H groups in total. The molecule has 0 aromatic heterocycles. The average Bonchev–Trinajstić information content (AvgIpc) is 2.55. The van der Waals surface area contributed by atoms with Gasteiger partial charge in [0.05, 0.1) is 44.7 Å². The van der Waals surface area contributed by atoms with Crippen molar-refractivity contribution in [3.05, 3.63) is 0 Å². The molecule has 0 aromatic carbocycles. The molecular weight excluding hydrogens is 346 g/mol. The van der Waals surface area contributed by atoms with E-state index in [1.165, 1.54) is 0 Å². The molecule has 1 fully saturated rings. The van der Waals surface area contributed by atoms with Gasteiger partial charge in [-0.3, -0.25) is 4.79 Å². The predicted octanol–water partition coefficient (Wildman–Crippen LogP) is 2.93. The van der Waals surface area contributed by atoms with Gasteiger partial charge in [0.25, 0.3) is 0 Å². The minimum absolute atomic E-state index is 0.0525. The maximum Gasteiger partial charge on any atom is 0.163 e. The number of likely N-dealkylation sites (tertiary alicyclic amines) is 1. The molecule has 0 aliphatic carbocycles. The number of hydrogen-bond acceptors (Lipinski definition) is 6. The predicted molar refractivity (Wildman–Crippen MR) is 107 cm³/mol. The molecule has 27 heavy (non-hydrogen) atoms. The summed E-state index contributed by atoms with van der Waals surface area (Å²) >= 11 is 0. The van der Waals surface area contributed by atoms with Crippen LogP contribution in [0.4, 0.5) is 0 Å². The second-order valence-electron chi connectivity index (χ2n) is 9.22.